The van der Waals surface area contributed by atoms with Gasteiger partial charge in [0, 0.05) is 37.8 Å². The van der Waals surface area contributed by atoms with Crippen molar-refractivity contribution in [1.29, 1.82) is 0 Å². The quantitative estimate of drug-likeness (QED) is 0.721. The van der Waals surface area contributed by atoms with Gasteiger partial charge in [-0.1, -0.05) is 0 Å². The van der Waals surface area contributed by atoms with E-state index in [-0.39, 0.29) is 11.9 Å². The summed E-state index contributed by atoms with van der Waals surface area (Å²) in [6, 6.07) is 5.67. The van der Waals surface area contributed by atoms with Gasteiger partial charge < -0.3 is 9.73 Å². The summed E-state index contributed by atoms with van der Waals surface area (Å²) in [5.41, 5.74) is 2.32. The van der Waals surface area contributed by atoms with Gasteiger partial charge in [-0.25, -0.2) is 4.98 Å². The highest BCUT2D eigenvalue weighted by Gasteiger charge is 2.26. The molecule has 0 unspecified atom stereocenters. The lowest BCUT2D eigenvalue weighted by Crippen LogP contribution is -2.39. The Bertz CT molecular complexity index is 870. The van der Waals surface area contributed by atoms with Gasteiger partial charge in [0.15, 0.2) is 5.76 Å². The van der Waals surface area contributed by atoms with E-state index in [1.807, 2.05) is 13.1 Å². The number of carbonyl (C=O) groups is 1. The number of hydrogen-bond acceptors (Lipinski definition) is 6. The molecule has 4 rings (SSSR count). The van der Waals surface area contributed by atoms with Crippen LogP contribution in [0, 0.1) is 6.92 Å². The van der Waals surface area contributed by atoms with Gasteiger partial charge in [0.1, 0.15) is 0 Å². The zero-order valence-corrected chi connectivity index (χ0v) is 15.4. The maximum atomic E-state index is 12.0. The Balaban J connectivity index is 1.37. The van der Waals surface area contributed by atoms with Crippen molar-refractivity contribution in [3.63, 3.8) is 0 Å². The van der Waals surface area contributed by atoms with E-state index in [4.69, 9.17) is 4.42 Å². The van der Waals surface area contributed by atoms with Crippen molar-refractivity contribution in [1.82, 2.24) is 25.0 Å². The molecule has 0 radical (unpaired) electrons. The topological polar surface area (TPSA) is 76.2 Å². The Kier molecular flexibility index (Phi) is 4.85. The second-order valence-electron chi connectivity index (χ2n) is 6.47. The first-order valence-corrected chi connectivity index (χ1v) is 9.54. The number of carbonyl (C=O) groups excluding carboxylic acids is 1. The highest BCUT2D eigenvalue weighted by atomic mass is 32.1. The molecule has 1 N–H and O–H groups in total. The number of thiazole rings is 1. The summed E-state index contributed by atoms with van der Waals surface area (Å²) in [5.74, 6) is 0.162. The van der Waals surface area contributed by atoms with Crippen LogP contribution in [0.3, 0.4) is 0 Å². The summed E-state index contributed by atoms with van der Waals surface area (Å²) >= 11 is 1.69. The Morgan fingerprint density at radius 2 is 2.38 bits per heavy atom. The third kappa shape index (κ3) is 3.71. The first kappa shape index (κ1) is 17.0. The molecule has 1 amide bonds. The van der Waals surface area contributed by atoms with Crippen molar-refractivity contribution in [2.24, 2.45) is 0 Å². The number of nitrogens with zero attached hydrogens (tertiary/aromatic N) is 4. The van der Waals surface area contributed by atoms with E-state index < -0.39 is 0 Å². The van der Waals surface area contributed by atoms with Crippen LogP contribution in [0.15, 0.2) is 40.5 Å². The van der Waals surface area contributed by atoms with Gasteiger partial charge >= 0.3 is 0 Å². The first-order valence-electron chi connectivity index (χ1n) is 8.66. The number of aryl methyl sites for hydroxylation is 1. The minimum atomic E-state index is -0.179. The Morgan fingerprint density at radius 3 is 3.15 bits per heavy atom. The average Bonchev–Trinajstić information content (AvgIpc) is 3.36. The van der Waals surface area contributed by atoms with Gasteiger partial charge in [-0.15, -0.1) is 11.3 Å². The van der Waals surface area contributed by atoms with E-state index in [2.05, 4.69) is 36.4 Å². The maximum Gasteiger partial charge on any atom is 0.286 e. The molecule has 8 heteroatoms. The van der Waals surface area contributed by atoms with Crippen LogP contribution in [0.4, 0.5) is 0 Å². The van der Waals surface area contributed by atoms with E-state index >= 15 is 0 Å². The molecule has 4 heterocycles. The molecule has 136 valence electrons. The summed E-state index contributed by atoms with van der Waals surface area (Å²) in [7, 11) is 0. The standard InChI is InChI=1S/C18H21N5O2S/c1-13-21-14(12-26-13)9-22-10-15(23-16(11-22)5-7-20-23)4-6-19-18(24)17-3-2-8-25-17/h2-3,5,7-8,12,15H,4,6,9-11H2,1H3,(H,19,24)/t15-/m0/s1. The summed E-state index contributed by atoms with van der Waals surface area (Å²) in [4.78, 5) is 19.0. The lowest BCUT2D eigenvalue weighted by Gasteiger charge is -2.33. The smallest absolute Gasteiger partial charge is 0.286 e. The monoisotopic (exact) mass is 371 g/mol. The lowest BCUT2D eigenvalue weighted by molar-refractivity contribution is 0.0919. The van der Waals surface area contributed by atoms with E-state index in [1.165, 1.54) is 12.0 Å². The summed E-state index contributed by atoms with van der Waals surface area (Å²) < 4.78 is 7.21. The van der Waals surface area contributed by atoms with E-state index in [0.29, 0.717) is 12.3 Å². The highest BCUT2D eigenvalue weighted by Crippen LogP contribution is 2.24. The zero-order chi connectivity index (χ0) is 17.9. The van der Waals surface area contributed by atoms with Crippen LogP contribution in [-0.2, 0) is 13.1 Å². The number of aromatic nitrogens is 3. The third-order valence-electron chi connectivity index (χ3n) is 4.51. The van der Waals surface area contributed by atoms with Crippen LogP contribution in [0.25, 0.3) is 0 Å². The predicted molar refractivity (Wildman–Crippen MR) is 97.9 cm³/mol. The predicted octanol–water partition coefficient (Wildman–Crippen LogP) is 2.62. The number of nitrogens with one attached hydrogen (secondary N) is 1. The van der Waals surface area contributed by atoms with Crippen molar-refractivity contribution in [2.45, 2.75) is 32.5 Å². The van der Waals surface area contributed by atoms with Crippen LogP contribution in [-0.4, -0.2) is 38.7 Å². The molecule has 7 nitrogen and oxygen atoms in total. The molecule has 0 fully saturated rings. The summed E-state index contributed by atoms with van der Waals surface area (Å²) in [6.07, 6.45) is 4.16. The van der Waals surface area contributed by atoms with Crippen LogP contribution < -0.4 is 5.32 Å². The molecule has 0 bridgehead atoms. The molecule has 26 heavy (non-hydrogen) atoms. The van der Waals surface area contributed by atoms with Gasteiger partial charge in [0.2, 0.25) is 0 Å². The van der Waals surface area contributed by atoms with Gasteiger partial charge in [-0.2, -0.15) is 5.10 Å². The Morgan fingerprint density at radius 1 is 1.46 bits per heavy atom. The van der Waals surface area contributed by atoms with Crippen molar-refractivity contribution in [2.75, 3.05) is 13.1 Å². The molecule has 1 atom stereocenters. The normalized spacial score (nSPS) is 17.2. The second kappa shape index (κ2) is 7.43. The van der Waals surface area contributed by atoms with Crippen molar-refractivity contribution in [3.8, 4) is 0 Å². The first-order chi connectivity index (χ1) is 12.7. The lowest BCUT2D eigenvalue weighted by atomic mass is 10.1. The molecule has 3 aromatic rings. The molecule has 1 aliphatic heterocycles. The van der Waals surface area contributed by atoms with Gasteiger partial charge in [-0.05, 0) is 31.5 Å². The highest BCUT2D eigenvalue weighted by molar-refractivity contribution is 7.09. The molecule has 0 aromatic carbocycles. The Hall–Kier alpha value is -2.45. The van der Waals surface area contributed by atoms with Gasteiger partial charge in [0.25, 0.3) is 5.91 Å². The molecular weight excluding hydrogens is 350 g/mol. The van der Waals surface area contributed by atoms with Crippen molar-refractivity contribution >= 4 is 17.2 Å². The van der Waals surface area contributed by atoms with E-state index in [0.717, 1.165) is 36.8 Å². The molecule has 0 saturated heterocycles. The van der Waals surface area contributed by atoms with Crippen LogP contribution in [0.5, 0.6) is 0 Å². The van der Waals surface area contributed by atoms with E-state index in [1.54, 1.807) is 23.5 Å². The molecule has 1 aliphatic rings. The van der Waals surface area contributed by atoms with Crippen molar-refractivity contribution < 1.29 is 9.21 Å². The van der Waals surface area contributed by atoms with Gasteiger partial charge in [0.05, 0.1) is 28.7 Å². The Labute approximate surface area is 155 Å². The maximum absolute atomic E-state index is 12.0. The molecular formula is C18H21N5O2S. The summed E-state index contributed by atoms with van der Waals surface area (Å²) in [5, 5.41) is 10.6. The molecule has 0 spiro atoms. The fraction of sp³-hybridized carbons (Fsp3) is 0.389. The van der Waals surface area contributed by atoms with Gasteiger partial charge in [-0.3, -0.25) is 14.4 Å². The third-order valence-corrected chi connectivity index (χ3v) is 5.34. The van der Waals surface area contributed by atoms with E-state index in [9.17, 15) is 4.79 Å². The van der Waals surface area contributed by atoms with Crippen LogP contribution in [0.2, 0.25) is 0 Å². The van der Waals surface area contributed by atoms with Crippen molar-refractivity contribution in [3.05, 3.63) is 58.2 Å². The number of amides is 1. The SMILES string of the molecule is Cc1nc(CN2Cc3ccnn3[C@@H](CCNC(=O)c3ccco3)C2)cs1. The van der Waals surface area contributed by atoms with Crippen LogP contribution in [0.1, 0.15) is 39.4 Å². The minimum absolute atomic E-state index is 0.179. The fourth-order valence-corrected chi connectivity index (χ4v) is 3.96. The fourth-order valence-electron chi connectivity index (χ4n) is 3.36. The number of rotatable bonds is 6. The zero-order valence-electron chi connectivity index (χ0n) is 14.6. The largest absolute Gasteiger partial charge is 0.459 e. The summed E-state index contributed by atoms with van der Waals surface area (Å²) in [6.45, 7) is 5.20. The molecule has 0 saturated carbocycles. The minimum Gasteiger partial charge on any atom is -0.459 e. The molecule has 3 aromatic heterocycles. The average molecular weight is 371 g/mol. The number of hydrogen-bond donors (Lipinski definition) is 1. The number of fused-ring (bicyclic) bond motifs is 1. The second-order valence-corrected chi connectivity index (χ2v) is 7.53. The molecule has 0 aliphatic carbocycles. The number of furan rings is 1. The van der Waals surface area contributed by atoms with Crippen LogP contribution >= 0.6 is 11.3 Å².